The van der Waals surface area contributed by atoms with Gasteiger partial charge in [-0.1, -0.05) is 11.8 Å². The van der Waals surface area contributed by atoms with Gasteiger partial charge in [-0.3, -0.25) is 28.2 Å². The number of nitrogens with zero attached hydrogens (tertiary/aromatic N) is 4. The maximum atomic E-state index is 14.3. The number of carbonyl (C=O) groups is 1. The van der Waals surface area contributed by atoms with Crippen LogP contribution in [0.2, 0.25) is 0 Å². The molecule has 1 aliphatic heterocycles. The molecule has 0 saturated carbocycles. The Kier molecular flexibility index (Phi) is 8.70. The zero-order chi connectivity index (χ0) is 26.0. The maximum absolute atomic E-state index is 14.3. The van der Waals surface area contributed by atoms with Crippen molar-refractivity contribution >= 4 is 41.7 Å². The van der Waals surface area contributed by atoms with Crippen molar-refractivity contribution in [2.24, 2.45) is 0 Å². The first-order valence-corrected chi connectivity index (χ1v) is 12.9. The Morgan fingerprint density at radius 2 is 2.17 bits per heavy atom. The maximum Gasteiger partial charge on any atom is 0.407 e. The number of aliphatic hydroxyl groups is 2. The Bertz CT molecular complexity index is 1160. The number of nitrogens with one attached hydrogen (secondary N) is 2. The second kappa shape index (κ2) is 11.0. The van der Waals surface area contributed by atoms with E-state index in [1.165, 1.54) is 39.0 Å². The van der Waals surface area contributed by atoms with E-state index in [1.807, 2.05) is 0 Å². The number of hydrogen-bond donors (Lipinski definition) is 4. The zero-order valence-corrected chi connectivity index (χ0v) is 21.2. The average molecular weight is 538 g/mol. The highest BCUT2D eigenvalue weighted by atomic mass is 32.2. The van der Waals surface area contributed by atoms with Crippen molar-refractivity contribution in [3.8, 4) is 0 Å². The quantitative estimate of drug-likeness (QED) is 0.224. The normalized spacial score (nSPS) is 26.3. The van der Waals surface area contributed by atoms with Gasteiger partial charge in [-0.05, 0) is 14.1 Å². The van der Waals surface area contributed by atoms with Crippen LogP contribution < -0.4 is 10.9 Å². The average Bonchev–Trinajstić information content (AvgIpc) is 3.35. The highest BCUT2D eigenvalue weighted by molar-refractivity contribution is 8.13. The van der Waals surface area contributed by atoms with Crippen LogP contribution in [-0.4, -0.2) is 104 Å². The Hall–Kier alpha value is -1.91. The van der Waals surface area contributed by atoms with Gasteiger partial charge in [0.25, 0.3) is 5.56 Å². The highest BCUT2D eigenvalue weighted by Crippen LogP contribution is 2.52. The van der Waals surface area contributed by atoms with Gasteiger partial charge in [0, 0.05) is 19.7 Å². The van der Waals surface area contributed by atoms with Gasteiger partial charge in [-0.25, -0.2) is 18.6 Å². The lowest BCUT2D eigenvalue weighted by Crippen LogP contribution is -2.49. The van der Waals surface area contributed by atoms with Crippen LogP contribution in [0.4, 0.5) is 10.3 Å². The van der Waals surface area contributed by atoms with Crippen molar-refractivity contribution < 1.29 is 37.7 Å². The van der Waals surface area contributed by atoms with Crippen LogP contribution in [0.5, 0.6) is 0 Å². The van der Waals surface area contributed by atoms with Crippen molar-refractivity contribution in [1.82, 2.24) is 24.2 Å². The summed E-state index contributed by atoms with van der Waals surface area (Å²) in [6.07, 6.45) is -3.69. The summed E-state index contributed by atoms with van der Waals surface area (Å²) in [4.78, 5) is 33.9. The molecule has 17 heteroatoms. The fraction of sp³-hybridized carbons (Fsp3) is 0.667. The molecule has 1 saturated heterocycles. The third kappa shape index (κ3) is 5.59. The number of hydrogen-bond acceptors (Lipinski definition) is 12. The lowest BCUT2D eigenvalue weighted by Gasteiger charge is -2.32. The number of imidazole rings is 1. The van der Waals surface area contributed by atoms with Gasteiger partial charge >= 0.3 is 7.75 Å². The summed E-state index contributed by atoms with van der Waals surface area (Å²) in [6, 6.07) is 0. The molecule has 0 radical (unpaired) electrons. The van der Waals surface area contributed by atoms with Gasteiger partial charge in [0.05, 0.1) is 19.5 Å². The van der Waals surface area contributed by atoms with E-state index in [0.717, 1.165) is 16.4 Å². The fourth-order valence-electron chi connectivity index (χ4n) is 3.36. The summed E-state index contributed by atoms with van der Waals surface area (Å²) >= 11 is 0.974. The molecule has 0 spiro atoms. The Balaban J connectivity index is 1.83. The van der Waals surface area contributed by atoms with E-state index in [1.54, 1.807) is 0 Å². The summed E-state index contributed by atoms with van der Waals surface area (Å²) < 4.78 is 46.3. The van der Waals surface area contributed by atoms with E-state index < -0.39 is 50.6 Å². The molecule has 2 aromatic heterocycles. The number of rotatable bonds is 11. The van der Waals surface area contributed by atoms with Crippen molar-refractivity contribution in [2.75, 3.05) is 52.1 Å². The van der Waals surface area contributed by atoms with Gasteiger partial charge in [0.2, 0.25) is 5.95 Å². The molecule has 0 aromatic carbocycles. The zero-order valence-electron chi connectivity index (χ0n) is 19.5. The van der Waals surface area contributed by atoms with Gasteiger partial charge in [-0.2, -0.15) is 4.98 Å². The number of aromatic amines is 1. The van der Waals surface area contributed by atoms with E-state index in [9.17, 15) is 28.8 Å². The predicted octanol–water partition coefficient (Wildman–Crippen LogP) is 0.103. The lowest BCUT2D eigenvalue weighted by atomic mass is 9.98. The Morgan fingerprint density at radius 3 is 2.77 bits per heavy atom. The van der Waals surface area contributed by atoms with Crippen LogP contribution in [0, 0.1) is 0 Å². The van der Waals surface area contributed by atoms with E-state index in [0.29, 0.717) is 0 Å². The molecular formula is C18H28FN6O8PS. The number of alkyl halides is 1. The molecule has 0 bridgehead atoms. The van der Waals surface area contributed by atoms with Crippen molar-refractivity contribution in [2.45, 2.75) is 31.0 Å². The van der Waals surface area contributed by atoms with Gasteiger partial charge in [-0.15, -0.1) is 0 Å². The summed E-state index contributed by atoms with van der Waals surface area (Å²) in [6.45, 7) is -0.757. The molecular weight excluding hydrogens is 510 g/mol. The molecule has 3 rings (SSSR count). The highest BCUT2D eigenvalue weighted by Gasteiger charge is 2.56. The van der Waals surface area contributed by atoms with E-state index in [4.69, 9.17) is 13.8 Å². The number of H-pyrrole nitrogens is 1. The molecule has 2 aromatic rings. The molecule has 3 heterocycles. The first-order valence-electron chi connectivity index (χ1n) is 10.4. The van der Waals surface area contributed by atoms with E-state index in [2.05, 4.69) is 20.3 Å². The van der Waals surface area contributed by atoms with Crippen molar-refractivity contribution in [3.63, 3.8) is 0 Å². The molecule has 0 aliphatic carbocycles. The van der Waals surface area contributed by atoms with E-state index >= 15 is 0 Å². The van der Waals surface area contributed by atoms with Crippen molar-refractivity contribution in [1.29, 1.82) is 0 Å². The summed E-state index contributed by atoms with van der Waals surface area (Å²) in [7, 11) is 0.418. The van der Waals surface area contributed by atoms with E-state index in [-0.39, 0.29) is 34.6 Å². The van der Waals surface area contributed by atoms with Crippen LogP contribution in [0.15, 0.2) is 11.1 Å². The number of aliphatic hydroxyl groups excluding tert-OH is 2. The van der Waals surface area contributed by atoms with Gasteiger partial charge in [0.15, 0.2) is 28.1 Å². The Labute approximate surface area is 203 Å². The van der Waals surface area contributed by atoms with Crippen LogP contribution in [0.3, 0.4) is 0 Å². The minimum absolute atomic E-state index is 0.0233. The number of ether oxygens (including phenoxy) is 1. The number of carbonyl (C=O) groups excluding carboxylic acids is 1. The first-order chi connectivity index (χ1) is 16.5. The number of anilines is 1. The molecule has 0 amide bonds. The molecule has 2 unspecified atom stereocenters. The lowest BCUT2D eigenvalue weighted by molar-refractivity contribution is -0.134. The van der Waals surface area contributed by atoms with Crippen LogP contribution in [0.25, 0.3) is 11.2 Å². The van der Waals surface area contributed by atoms with Crippen LogP contribution in [0.1, 0.15) is 13.2 Å². The molecule has 14 nitrogen and oxygen atoms in total. The second-order valence-corrected chi connectivity index (χ2v) is 11.4. The minimum Gasteiger partial charge on any atom is -0.387 e. The monoisotopic (exact) mass is 538 g/mol. The molecule has 1 aliphatic rings. The molecule has 5 atom stereocenters. The van der Waals surface area contributed by atoms with Crippen LogP contribution in [-0.2, 0) is 23.1 Å². The largest absolute Gasteiger partial charge is 0.407 e. The number of fused-ring (bicyclic) bond motifs is 1. The third-order valence-electron chi connectivity index (χ3n) is 5.28. The fourth-order valence-corrected chi connectivity index (χ4v) is 5.18. The molecule has 196 valence electrons. The number of halogens is 1. The van der Waals surface area contributed by atoms with Gasteiger partial charge < -0.3 is 20.3 Å². The molecule has 1 fully saturated rings. The minimum atomic E-state index is -3.96. The number of aromatic nitrogens is 4. The predicted molar refractivity (Wildman–Crippen MR) is 125 cm³/mol. The summed E-state index contributed by atoms with van der Waals surface area (Å²) in [5, 5.41) is 23.9. The van der Waals surface area contributed by atoms with Crippen molar-refractivity contribution in [3.05, 3.63) is 16.7 Å². The summed E-state index contributed by atoms with van der Waals surface area (Å²) in [5.74, 6) is 0.337. The standard InChI is InChI=1S/C18H28FN6O8PS/c1-10(26)35-6-5-31-34(30,24(3)4)32-8-18(7-19)13(28)12(27)16(33-18)25-9-21-11-14(25)22-17(20-2)23-15(11)29/h9,12-13,16,27-28H,5-8H2,1-4H3,(H2,20,22,23,29)/t12-,13?,16+,18+,34?/m0/s1. The smallest absolute Gasteiger partial charge is 0.387 e. The Morgan fingerprint density at radius 1 is 1.46 bits per heavy atom. The molecule has 4 N–H and O–H groups in total. The SMILES string of the molecule is CNc1nc2c(ncn2[C@@H]2O[C@](CF)(COP(=O)(OCCSC(C)=O)N(C)C)C(O)[C@@H]2O)c(=O)[nH]1. The number of thioether (sulfide) groups is 1. The van der Waals surface area contributed by atoms with Gasteiger partial charge in [0.1, 0.15) is 18.9 Å². The van der Waals surface area contributed by atoms with Crippen LogP contribution >= 0.6 is 19.5 Å². The molecule has 35 heavy (non-hydrogen) atoms. The third-order valence-corrected chi connectivity index (χ3v) is 8.01. The topological polar surface area (TPSA) is 181 Å². The second-order valence-electron chi connectivity index (χ2n) is 7.89. The summed E-state index contributed by atoms with van der Waals surface area (Å²) in [5.41, 5.74) is -2.71. The first kappa shape index (κ1) is 27.7.